The van der Waals surface area contributed by atoms with Crippen molar-refractivity contribution in [1.29, 1.82) is 0 Å². The molecule has 4 nitrogen and oxygen atoms in total. The molecule has 0 fully saturated rings. The summed E-state index contributed by atoms with van der Waals surface area (Å²) in [6.07, 6.45) is 3.31. The Balaban J connectivity index is 2.27. The molecule has 0 atom stereocenters. The van der Waals surface area contributed by atoms with Gasteiger partial charge in [0.2, 0.25) is 0 Å². The first kappa shape index (κ1) is 11.9. The lowest BCUT2D eigenvalue weighted by molar-refractivity contribution is 0.403. The van der Waals surface area contributed by atoms with Crippen molar-refractivity contribution in [1.82, 2.24) is 0 Å². The molecule has 0 aliphatic heterocycles. The Morgan fingerprint density at radius 2 is 1.44 bits per heavy atom. The zero-order valence-corrected chi connectivity index (χ0v) is 9.41. The second-order valence-electron chi connectivity index (χ2n) is 3.82. The van der Waals surface area contributed by atoms with Crippen LogP contribution in [0.4, 0.5) is 0 Å². The van der Waals surface area contributed by atoms with Crippen LogP contribution in [0.2, 0.25) is 0 Å². The highest BCUT2D eigenvalue weighted by Gasteiger charge is 2.00. The topological polar surface area (TPSA) is 80.9 Å². The summed E-state index contributed by atoms with van der Waals surface area (Å²) in [7, 11) is 0. The normalized spacial score (nSPS) is 10.9. The van der Waals surface area contributed by atoms with Crippen molar-refractivity contribution in [3.8, 4) is 23.0 Å². The fourth-order valence-electron chi connectivity index (χ4n) is 1.50. The number of hydrogen-bond donors (Lipinski definition) is 4. The Labute approximate surface area is 104 Å². The quantitative estimate of drug-likeness (QED) is 0.483. The number of phenolic OH excluding ortho intramolecular Hbond substituents is 4. The molecule has 0 saturated carbocycles. The molecule has 92 valence electrons. The summed E-state index contributed by atoms with van der Waals surface area (Å²) in [5.74, 6) is -0.423. The van der Waals surface area contributed by atoms with E-state index in [9.17, 15) is 10.2 Å². The number of phenols is 4. The summed E-state index contributed by atoms with van der Waals surface area (Å²) < 4.78 is 0. The van der Waals surface area contributed by atoms with Crippen LogP contribution in [0.1, 0.15) is 11.1 Å². The van der Waals surface area contributed by atoms with Gasteiger partial charge in [-0.25, -0.2) is 0 Å². The fraction of sp³-hybridized carbons (Fsp3) is 0. The third kappa shape index (κ3) is 2.55. The van der Waals surface area contributed by atoms with E-state index in [1.165, 1.54) is 24.3 Å². The monoisotopic (exact) mass is 244 g/mol. The van der Waals surface area contributed by atoms with E-state index < -0.39 is 0 Å². The average Bonchev–Trinajstić information content (AvgIpc) is 2.32. The van der Waals surface area contributed by atoms with Gasteiger partial charge in [-0.05, 0) is 29.8 Å². The van der Waals surface area contributed by atoms with E-state index in [0.29, 0.717) is 11.1 Å². The highest BCUT2D eigenvalue weighted by atomic mass is 16.3. The Kier molecular flexibility index (Phi) is 3.10. The molecule has 0 aliphatic rings. The highest BCUT2D eigenvalue weighted by molar-refractivity contribution is 5.73. The van der Waals surface area contributed by atoms with E-state index in [2.05, 4.69) is 0 Å². The van der Waals surface area contributed by atoms with Gasteiger partial charge in [-0.3, -0.25) is 0 Å². The Morgan fingerprint density at radius 3 is 2.11 bits per heavy atom. The molecule has 0 heterocycles. The van der Waals surface area contributed by atoms with Gasteiger partial charge in [-0.15, -0.1) is 0 Å². The fourth-order valence-corrected chi connectivity index (χ4v) is 1.50. The molecule has 0 spiro atoms. The molecule has 2 aromatic carbocycles. The van der Waals surface area contributed by atoms with E-state index in [-0.39, 0.29) is 23.0 Å². The predicted octanol–water partition coefficient (Wildman–Crippen LogP) is 2.68. The van der Waals surface area contributed by atoms with E-state index in [1.54, 1.807) is 24.3 Å². The lowest BCUT2D eigenvalue weighted by Gasteiger charge is -2.01. The maximum absolute atomic E-state index is 9.57. The molecule has 0 aromatic heterocycles. The van der Waals surface area contributed by atoms with Crippen LogP contribution >= 0.6 is 0 Å². The van der Waals surface area contributed by atoms with E-state index >= 15 is 0 Å². The maximum Gasteiger partial charge on any atom is 0.157 e. The number of aromatic hydroxyl groups is 4. The van der Waals surface area contributed by atoms with Crippen molar-refractivity contribution in [2.75, 3.05) is 0 Å². The zero-order valence-electron chi connectivity index (χ0n) is 9.41. The van der Waals surface area contributed by atoms with Crippen LogP contribution in [0.15, 0.2) is 36.4 Å². The molecule has 18 heavy (non-hydrogen) atoms. The van der Waals surface area contributed by atoms with Crippen molar-refractivity contribution < 1.29 is 20.4 Å². The SMILES string of the molecule is Oc1ccc(/C=C/c2ccc(O)c(O)c2)c(O)c1. The molecular weight excluding hydrogens is 232 g/mol. The van der Waals surface area contributed by atoms with Crippen LogP contribution in [-0.2, 0) is 0 Å². The number of hydrogen-bond acceptors (Lipinski definition) is 4. The molecule has 0 unspecified atom stereocenters. The van der Waals surface area contributed by atoms with Crippen molar-refractivity contribution in [2.24, 2.45) is 0 Å². The Morgan fingerprint density at radius 1 is 0.667 bits per heavy atom. The first-order chi connectivity index (χ1) is 8.56. The van der Waals surface area contributed by atoms with Gasteiger partial charge < -0.3 is 20.4 Å². The molecular formula is C14H12O4. The maximum atomic E-state index is 9.57. The smallest absolute Gasteiger partial charge is 0.157 e. The van der Waals surface area contributed by atoms with Crippen molar-refractivity contribution in [3.05, 3.63) is 47.5 Å². The second-order valence-corrected chi connectivity index (χ2v) is 3.82. The van der Waals surface area contributed by atoms with E-state index in [4.69, 9.17) is 10.2 Å². The lowest BCUT2D eigenvalue weighted by Crippen LogP contribution is -1.76. The van der Waals surface area contributed by atoms with Gasteiger partial charge in [-0.1, -0.05) is 18.2 Å². The van der Waals surface area contributed by atoms with Gasteiger partial charge in [0.15, 0.2) is 11.5 Å². The third-order valence-corrected chi connectivity index (χ3v) is 2.47. The summed E-state index contributed by atoms with van der Waals surface area (Å²) in [6, 6.07) is 8.70. The molecule has 0 aliphatic carbocycles. The molecule has 4 N–H and O–H groups in total. The van der Waals surface area contributed by atoms with Crippen molar-refractivity contribution >= 4 is 12.2 Å². The zero-order chi connectivity index (χ0) is 13.1. The van der Waals surface area contributed by atoms with Gasteiger partial charge in [0.05, 0.1) is 0 Å². The van der Waals surface area contributed by atoms with Crippen LogP contribution in [-0.4, -0.2) is 20.4 Å². The summed E-state index contributed by atoms with van der Waals surface area (Å²) >= 11 is 0. The summed E-state index contributed by atoms with van der Waals surface area (Å²) in [5.41, 5.74) is 1.22. The van der Waals surface area contributed by atoms with Gasteiger partial charge >= 0.3 is 0 Å². The van der Waals surface area contributed by atoms with Gasteiger partial charge in [0, 0.05) is 11.6 Å². The van der Waals surface area contributed by atoms with Gasteiger partial charge in [0.25, 0.3) is 0 Å². The first-order valence-electron chi connectivity index (χ1n) is 5.28. The summed E-state index contributed by atoms with van der Waals surface area (Å²) in [6.45, 7) is 0. The molecule has 0 bridgehead atoms. The van der Waals surface area contributed by atoms with Crippen LogP contribution in [0.25, 0.3) is 12.2 Å². The average molecular weight is 244 g/mol. The number of rotatable bonds is 2. The Hall–Kier alpha value is -2.62. The minimum atomic E-state index is -0.202. The lowest BCUT2D eigenvalue weighted by atomic mass is 10.1. The number of benzene rings is 2. The molecule has 0 amide bonds. The molecule has 4 heteroatoms. The third-order valence-electron chi connectivity index (χ3n) is 2.47. The van der Waals surface area contributed by atoms with Crippen LogP contribution in [0, 0.1) is 0 Å². The molecule has 2 aromatic rings. The molecule has 2 rings (SSSR count). The minimum absolute atomic E-state index is 0.00747. The van der Waals surface area contributed by atoms with Crippen molar-refractivity contribution in [3.63, 3.8) is 0 Å². The summed E-state index contributed by atoms with van der Waals surface area (Å²) in [5, 5.41) is 37.2. The Bertz CT molecular complexity index is 603. The van der Waals surface area contributed by atoms with Crippen LogP contribution in [0.5, 0.6) is 23.0 Å². The van der Waals surface area contributed by atoms with Crippen LogP contribution < -0.4 is 0 Å². The van der Waals surface area contributed by atoms with Crippen LogP contribution in [0.3, 0.4) is 0 Å². The predicted molar refractivity (Wildman–Crippen MR) is 68.5 cm³/mol. The second kappa shape index (κ2) is 4.71. The molecule has 0 radical (unpaired) electrons. The largest absolute Gasteiger partial charge is 0.508 e. The van der Waals surface area contributed by atoms with Gasteiger partial charge in [0.1, 0.15) is 11.5 Å². The van der Waals surface area contributed by atoms with Crippen molar-refractivity contribution in [2.45, 2.75) is 0 Å². The van der Waals surface area contributed by atoms with E-state index in [0.717, 1.165) is 0 Å². The summed E-state index contributed by atoms with van der Waals surface area (Å²) in [4.78, 5) is 0. The highest BCUT2D eigenvalue weighted by Crippen LogP contribution is 2.27. The minimum Gasteiger partial charge on any atom is -0.508 e. The first-order valence-corrected chi connectivity index (χ1v) is 5.28. The molecule has 0 saturated heterocycles. The standard InChI is InChI=1S/C14H12O4/c15-11-5-4-10(13(17)8-11)3-1-9-2-6-12(16)14(18)7-9/h1-8,15-18H/b3-1+. The van der Waals surface area contributed by atoms with E-state index in [1.807, 2.05) is 0 Å². The van der Waals surface area contributed by atoms with Gasteiger partial charge in [-0.2, -0.15) is 0 Å².